The van der Waals surface area contributed by atoms with E-state index >= 15 is 0 Å². The minimum atomic E-state index is 0. The summed E-state index contributed by atoms with van der Waals surface area (Å²) in [6, 6.07) is 15.8. The zero-order valence-corrected chi connectivity index (χ0v) is 19.1. The molecule has 0 fully saturated rings. The quantitative estimate of drug-likeness (QED) is 0.287. The lowest BCUT2D eigenvalue weighted by Gasteiger charge is -2.15. The Labute approximate surface area is 188 Å². The van der Waals surface area contributed by atoms with Gasteiger partial charge in [0.05, 0.1) is 19.4 Å². The van der Waals surface area contributed by atoms with Crippen LogP contribution >= 0.6 is 24.0 Å². The van der Waals surface area contributed by atoms with E-state index in [-0.39, 0.29) is 24.0 Å². The van der Waals surface area contributed by atoms with Gasteiger partial charge in [-0.1, -0.05) is 12.1 Å². The van der Waals surface area contributed by atoms with E-state index in [1.807, 2.05) is 54.2 Å². The maximum Gasteiger partial charge on any atom is 0.195 e. The molecule has 0 aliphatic carbocycles. The second-order valence-electron chi connectivity index (χ2n) is 5.97. The molecule has 0 bridgehead atoms. The van der Waals surface area contributed by atoms with Gasteiger partial charge in [-0.05, 0) is 42.8 Å². The predicted molar refractivity (Wildman–Crippen MR) is 127 cm³/mol. The van der Waals surface area contributed by atoms with Crippen LogP contribution < -0.4 is 20.1 Å². The van der Waals surface area contributed by atoms with Crippen LogP contribution in [0, 0.1) is 0 Å². The Bertz CT molecular complexity index is 911. The van der Waals surface area contributed by atoms with Gasteiger partial charge in [-0.3, -0.25) is 4.99 Å². The lowest BCUT2D eigenvalue weighted by molar-refractivity contribution is 0.311. The Kier molecular flexibility index (Phi) is 8.78. The molecule has 1 aromatic heterocycles. The van der Waals surface area contributed by atoms with E-state index in [2.05, 4.69) is 32.9 Å². The summed E-state index contributed by atoms with van der Waals surface area (Å²) in [6.07, 6.45) is 3.69. The van der Waals surface area contributed by atoms with Crippen LogP contribution in [0.2, 0.25) is 0 Å². The average molecular weight is 507 g/mol. The zero-order chi connectivity index (χ0) is 19.8. The molecule has 154 valence electrons. The molecule has 0 aliphatic heterocycles. The largest absolute Gasteiger partial charge is 0.493 e. The normalized spacial score (nSPS) is 10.8. The summed E-state index contributed by atoms with van der Waals surface area (Å²) >= 11 is 0. The Morgan fingerprint density at radius 2 is 1.93 bits per heavy atom. The molecule has 3 rings (SSSR count). The molecule has 2 N–H and O–H groups in total. The number of guanidine groups is 1. The molecular formula is C21H26IN5O2. The molecule has 0 unspecified atom stereocenters. The number of hydrogen-bond donors (Lipinski definition) is 2. The summed E-state index contributed by atoms with van der Waals surface area (Å²) in [4.78, 5) is 4.28. The van der Waals surface area contributed by atoms with E-state index in [1.54, 1.807) is 20.4 Å². The number of anilines is 1. The van der Waals surface area contributed by atoms with E-state index in [9.17, 15) is 0 Å². The molecule has 0 atom stereocenters. The summed E-state index contributed by atoms with van der Waals surface area (Å²) < 4.78 is 12.8. The molecule has 0 aliphatic rings. The molecule has 29 heavy (non-hydrogen) atoms. The smallest absolute Gasteiger partial charge is 0.195 e. The number of hydrogen-bond acceptors (Lipinski definition) is 4. The number of benzene rings is 2. The first kappa shape index (κ1) is 22.5. The van der Waals surface area contributed by atoms with Crippen LogP contribution in [-0.4, -0.2) is 36.5 Å². The Balaban J connectivity index is 0.00000300. The topological polar surface area (TPSA) is 72.7 Å². The Morgan fingerprint density at radius 3 is 2.55 bits per heavy atom. The highest BCUT2D eigenvalue weighted by molar-refractivity contribution is 14.0. The van der Waals surface area contributed by atoms with Gasteiger partial charge in [0, 0.05) is 37.7 Å². The standard InChI is InChI=1S/C21H25N5O2.HI/c1-4-28-20-14-17(8-11-19(20)27-3)25-21(22-2)23-15-16-6-9-18(10-7-16)26-13-5-12-24-26;/h5-14H,4,15H2,1-3H3,(H2,22,23,25);1H. The van der Waals surface area contributed by atoms with E-state index in [1.165, 1.54) is 0 Å². The minimum Gasteiger partial charge on any atom is -0.493 e. The molecule has 0 spiro atoms. The summed E-state index contributed by atoms with van der Waals surface area (Å²) in [5, 5.41) is 10.8. The molecule has 3 aromatic rings. The molecule has 0 saturated heterocycles. The molecule has 8 heteroatoms. The maximum absolute atomic E-state index is 5.62. The van der Waals surface area contributed by atoms with Gasteiger partial charge >= 0.3 is 0 Å². The van der Waals surface area contributed by atoms with Crippen molar-refractivity contribution >= 4 is 35.6 Å². The molecule has 2 aromatic carbocycles. The number of aromatic nitrogens is 2. The average Bonchev–Trinajstić information content (AvgIpc) is 3.27. The van der Waals surface area contributed by atoms with Crippen LogP contribution in [0.1, 0.15) is 12.5 Å². The van der Waals surface area contributed by atoms with E-state index in [0.29, 0.717) is 30.6 Å². The maximum atomic E-state index is 5.62. The third-order valence-electron chi connectivity index (χ3n) is 4.12. The van der Waals surface area contributed by atoms with Crippen molar-refractivity contribution in [1.82, 2.24) is 15.1 Å². The highest BCUT2D eigenvalue weighted by atomic mass is 127. The first-order valence-corrected chi connectivity index (χ1v) is 9.11. The van der Waals surface area contributed by atoms with Crippen molar-refractivity contribution in [3.05, 3.63) is 66.5 Å². The second kappa shape index (κ2) is 11.3. The zero-order valence-electron chi connectivity index (χ0n) is 16.8. The number of halogens is 1. The Hall–Kier alpha value is -2.75. The summed E-state index contributed by atoms with van der Waals surface area (Å²) in [7, 11) is 3.37. The van der Waals surface area contributed by atoms with E-state index in [4.69, 9.17) is 9.47 Å². The first-order valence-electron chi connectivity index (χ1n) is 9.11. The van der Waals surface area contributed by atoms with Crippen molar-refractivity contribution in [2.45, 2.75) is 13.5 Å². The monoisotopic (exact) mass is 507 g/mol. The van der Waals surface area contributed by atoms with Gasteiger partial charge in [0.1, 0.15) is 0 Å². The predicted octanol–water partition coefficient (Wildman–Crippen LogP) is 4.09. The molecule has 0 radical (unpaired) electrons. The number of nitrogens with one attached hydrogen (secondary N) is 2. The number of ether oxygens (including phenoxy) is 2. The number of aliphatic imine (C=N–C) groups is 1. The lowest BCUT2D eigenvalue weighted by atomic mass is 10.2. The highest BCUT2D eigenvalue weighted by Crippen LogP contribution is 2.30. The summed E-state index contributed by atoms with van der Waals surface area (Å²) in [5.41, 5.74) is 3.04. The van der Waals surface area contributed by atoms with Gasteiger partial charge in [-0.2, -0.15) is 5.10 Å². The van der Waals surface area contributed by atoms with Crippen molar-refractivity contribution in [2.24, 2.45) is 4.99 Å². The number of rotatable bonds is 7. The fraction of sp³-hybridized carbons (Fsp3) is 0.238. The first-order chi connectivity index (χ1) is 13.7. The lowest BCUT2D eigenvalue weighted by Crippen LogP contribution is -2.30. The van der Waals surface area contributed by atoms with Gasteiger partial charge in [-0.25, -0.2) is 4.68 Å². The van der Waals surface area contributed by atoms with Gasteiger partial charge in [0.2, 0.25) is 0 Å². The summed E-state index contributed by atoms with van der Waals surface area (Å²) in [6.45, 7) is 3.16. The van der Waals surface area contributed by atoms with E-state index in [0.717, 1.165) is 16.9 Å². The molecule has 0 amide bonds. The van der Waals surface area contributed by atoms with Crippen molar-refractivity contribution in [3.63, 3.8) is 0 Å². The van der Waals surface area contributed by atoms with Crippen LogP contribution in [0.4, 0.5) is 5.69 Å². The van der Waals surface area contributed by atoms with Crippen LogP contribution in [0.25, 0.3) is 5.69 Å². The third kappa shape index (κ3) is 6.11. The number of nitrogens with zero attached hydrogens (tertiary/aromatic N) is 3. The number of methoxy groups -OCH3 is 1. The van der Waals surface area contributed by atoms with Crippen LogP contribution in [-0.2, 0) is 6.54 Å². The van der Waals surface area contributed by atoms with Crippen LogP contribution in [0.5, 0.6) is 11.5 Å². The van der Waals surface area contributed by atoms with Crippen LogP contribution in [0.15, 0.2) is 65.9 Å². The second-order valence-corrected chi connectivity index (χ2v) is 5.97. The van der Waals surface area contributed by atoms with Crippen LogP contribution in [0.3, 0.4) is 0 Å². The van der Waals surface area contributed by atoms with E-state index < -0.39 is 0 Å². The van der Waals surface area contributed by atoms with Crippen molar-refractivity contribution in [1.29, 1.82) is 0 Å². The fourth-order valence-electron chi connectivity index (χ4n) is 2.71. The molecule has 7 nitrogen and oxygen atoms in total. The van der Waals surface area contributed by atoms with Crippen molar-refractivity contribution < 1.29 is 9.47 Å². The van der Waals surface area contributed by atoms with Crippen molar-refractivity contribution in [3.8, 4) is 17.2 Å². The fourth-order valence-corrected chi connectivity index (χ4v) is 2.71. The van der Waals surface area contributed by atoms with Gasteiger partial charge in [0.25, 0.3) is 0 Å². The van der Waals surface area contributed by atoms with Crippen molar-refractivity contribution in [2.75, 3.05) is 26.1 Å². The van der Waals surface area contributed by atoms with Gasteiger partial charge in [-0.15, -0.1) is 24.0 Å². The SMILES string of the molecule is CCOc1cc(NC(=NC)NCc2ccc(-n3cccn3)cc2)ccc1OC.I. The highest BCUT2D eigenvalue weighted by Gasteiger charge is 2.07. The summed E-state index contributed by atoms with van der Waals surface area (Å²) in [5.74, 6) is 2.07. The minimum absolute atomic E-state index is 0. The molecular weight excluding hydrogens is 481 g/mol. The molecule has 0 saturated carbocycles. The molecule has 1 heterocycles. The van der Waals surface area contributed by atoms with Gasteiger partial charge in [0.15, 0.2) is 17.5 Å². The van der Waals surface area contributed by atoms with Gasteiger partial charge < -0.3 is 20.1 Å². The Morgan fingerprint density at radius 1 is 1.14 bits per heavy atom. The third-order valence-corrected chi connectivity index (χ3v) is 4.12.